The van der Waals surface area contributed by atoms with Gasteiger partial charge in [0.2, 0.25) is 5.91 Å². The maximum absolute atomic E-state index is 11.8. The van der Waals surface area contributed by atoms with Crippen molar-refractivity contribution < 1.29 is 9.53 Å². The van der Waals surface area contributed by atoms with Crippen LogP contribution in [0.5, 0.6) is 5.75 Å². The highest BCUT2D eigenvalue weighted by molar-refractivity contribution is 7.99. The van der Waals surface area contributed by atoms with E-state index in [1.807, 2.05) is 31.2 Å². The minimum atomic E-state index is -0.0773. The molecule has 1 amide bonds. The van der Waals surface area contributed by atoms with Crippen LogP contribution in [-0.2, 0) is 4.79 Å². The number of benzene rings is 1. The molecule has 2 N–H and O–H groups in total. The van der Waals surface area contributed by atoms with E-state index in [4.69, 9.17) is 4.74 Å². The van der Waals surface area contributed by atoms with Crippen LogP contribution in [0.25, 0.3) is 0 Å². The average Bonchev–Trinajstić information content (AvgIpc) is 2.86. The fourth-order valence-corrected chi connectivity index (χ4v) is 2.54. The third-order valence-electron chi connectivity index (χ3n) is 2.47. The van der Waals surface area contributed by atoms with E-state index in [9.17, 15) is 4.79 Å². The molecule has 1 atom stereocenters. The molecule has 1 aliphatic rings. The van der Waals surface area contributed by atoms with Crippen LogP contribution in [0.1, 0.15) is 6.92 Å². The second kappa shape index (κ2) is 5.93. The van der Waals surface area contributed by atoms with Crippen LogP contribution in [0, 0.1) is 0 Å². The first-order chi connectivity index (χ1) is 8.29. The lowest BCUT2D eigenvalue weighted by Gasteiger charge is -2.11. The maximum atomic E-state index is 11.8. The average molecular weight is 252 g/mol. The van der Waals surface area contributed by atoms with Gasteiger partial charge >= 0.3 is 0 Å². The molecule has 1 aromatic rings. The number of amides is 1. The molecule has 1 saturated heterocycles. The molecule has 0 aliphatic carbocycles. The molecule has 5 heteroatoms. The van der Waals surface area contributed by atoms with Gasteiger partial charge < -0.3 is 10.1 Å². The molecular formula is C12H16N2O2S. The summed E-state index contributed by atoms with van der Waals surface area (Å²) in [6.45, 7) is 2.59. The Balaban J connectivity index is 1.91. The quantitative estimate of drug-likeness (QED) is 0.856. The Morgan fingerprint density at radius 1 is 1.53 bits per heavy atom. The molecule has 1 aliphatic heterocycles. The summed E-state index contributed by atoms with van der Waals surface area (Å²) in [4.78, 5) is 11.8. The van der Waals surface area contributed by atoms with E-state index in [1.54, 1.807) is 11.8 Å². The van der Waals surface area contributed by atoms with Crippen molar-refractivity contribution in [1.82, 2.24) is 5.32 Å². The number of hydrogen-bond donors (Lipinski definition) is 2. The van der Waals surface area contributed by atoms with Gasteiger partial charge in [-0.3, -0.25) is 10.1 Å². The standard InChI is InChI=1S/C12H16N2O2S/c1-2-16-10-5-3-9(4-6-10)14-12(15)11-7-17-8-13-11/h3-6,11,13H,2,7-8H2,1H3,(H,14,15). The van der Waals surface area contributed by atoms with E-state index in [0.717, 1.165) is 23.1 Å². The smallest absolute Gasteiger partial charge is 0.242 e. The summed E-state index contributed by atoms with van der Waals surface area (Å²) < 4.78 is 5.34. The topological polar surface area (TPSA) is 50.4 Å². The van der Waals surface area contributed by atoms with Crippen LogP contribution in [0.4, 0.5) is 5.69 Å². The zero-order valence-electron chi connectivity index (χ0n) is 9.73. The van der Waals surface area contributed by atoms with Gasteiger partial charge in [0.1, 0.15) is 5.75 Å². The molecule has 92 valence electrons. The Bertz CT molecular complexity index is 375. The van der Waals surface area contributed by atoms with Crippen LogP contribution in [0.3, 0.4) is 0 Å². The van der Waals surface area contributed by atoms with Crippen molar-refractivity contribution in [2.45, 2.75) is 13.0 Å². The maximum Gasteiger partial charge on any atom is 0.242 e. The van der Waals surface area contributed by atoms with E-state index in [-0.39, 0.29) is 11.9 Å². The molecule has 2 rings (SSSR count). The highest BCUT2D eigenvalue weighted by Gasteiger charge is 2.22. The van der Waals surface area contributed by atoms with Crippen LogP contribution in [0.2, 0.25) is 0 Å². The van der Waals surface area contributed by atoms with Crippen LogP contribution in [0.15, 0.2) is 24.3 Å². The second-order valence-electron chi connectivity index (χ2n) is 3.72. The summed E-state index contributed by atoms with van der Waals surface area (Å²) >= 11 is 1.74. The van der Waals surface area contributed by atoms with Crippen LogP contribution >= 0.6 is 11.8 Å². The molecule has 1 aromatic carbocycles. The zero-order valence-corrected chi connectivity index (χ0v) is 10.5. The number of ether oxygens (including phenoxy) is 1. The molecule has 1 fully saturated rings. The van der Waals surface area contributed by atoms with Crippen molar-refractivity contribution in [3.8, 4) is 5.75 Å². The van der Waals surface area contributed by atoms with Gasteiger partial charge in [-0.1, -0.05) is 0 Å². The molecule has 0 spiro atoms. The Morgan fingerprint density at radius 2 is 2.29 bits per heavy atom. The fraction of sp³-hybridized carbons (Fsp3) is 0.417. The summed E-state index contributed by atoms with van der Waals surface area (Å²) in [5.41, 5.74) is 0.803. The van der Waals surface area contributed by atoms with Gasteiger partial charge in [-0.25, -0.2) is 0 Å². The largest absolute Gasteiger partial charge is 0.494 e. The van der Waals surface area contributed by atoms with E-state index in [0.29, 0.717) is 6.61 Å². The Morgan fingerprint density at radius 3 is 2.88 bits per heavy atom. The third-order valence-corrected chi connectivity index (χ3v) is 3.41. The highest BCUT2D eigenvalue weighted by atomic mass is 32.2. The van der Waals surface area contributed by atoms with Crippen LogP contribution < -0.4 is 15.4 Å². The van der Waals surface area contributed by atoms with Crippen molar-refractivity contribution in [2.24, 2.45) is 0 Å². The van der Waals surface area contributed by atoms with E-state index < -0.39 is 0 Å². The third kappa shape index (κ3) is 3.38. The monoisotopic (exact) mass is 252 g/mol. The first kappa shape index (κ1) is 12.3. The van der Waals surface area contributed by atoms with Gasteiger partial charge in [-0.2, -0.15) is 0 Å². The van der Waals surface area contributed by atoms with Crippen molar-refractivity contribution >= 4 is 23.4 Å². The number of nitrogens with one attached hydrogen (secondary N) is 2. The van der Waals surface area contributed by atoms with Crippen molar-refractivity contribution in [3.63, 3.8) is 0 Å². The summed E-state index contributed by atoms with van der Waals surface area (Å²) in [7, 11) is 0. The minimum absolute atomic E-state index is 0.0270. The molecule has 0 saturated carbocycles. The Hall–Kier alpha value is -1.20. The SMILES string of the molecule is CCOc1ccc(NC(=O)C2CSCN2)cc1. The summed E-state index contributed by atoms with van der Waals surface area (Å²) in [5.74, 6) is 2.53. The first-order valence-electron chi connectivity index (χ1n) is 5.64. The summed E-state index contributed by atoms with van der Waals surface area (Å²) in [6, 6.07) is 7.34. The molecule has 17 heavy (non-hydrogen) atoms. The zero-order chi connectivity index (χ0) is 12.1. The number of carbonyl (C=O) groups excluding carboxylic acids is 1. The Labute approximate surface area is 105 Å². The Kier molecular flexibility index (Phi) is 4.28. The summed E-state index contributed by atoms with van der Waals surface area (Å²) in [5, 5.41) is 6.02. The summed E-state index contributed by atoms with van der Waals surface area (Å²) in [6.07, 6.45) is 0. The lowest BCUT2D eigenvalue weighted by molar-refractivity contribution is -0.117. The fourth-order valence-electron chi connectivity index (χ4n) is 1.59. The van der Waals surface area contributed by atoms with Gasteiger partial charge in [-0.15, -0.1) is 11.8 Å². The molecule has 1 heterocycles. The van der Waals surface area contributed by atoms with Crippen molar-refractivity contribution in [1.29, 1.82) is 0 Å². The number of hydrogen-bond acceptors (Lipinski definition) is 4. The van der Waals surface area contributed by atoms with E-state index in [2.05, 4.69) is 10.6 Å². The predicted molar refractivity (Wildman–Crippen MR) is 70.5 cm³/mol. The lowest BCUT2D eigenvalue weighted by atomic mass is 10.2. The number of carbonyl (C=O) groups is 1. The van der Waals surface area contributed by atoms with Crippen LogP contribution in [-0.4, -0.2) is 30.2 Å². The molecule has 0 radical (unpaired) electrons. The number of thioether (sulfide) groups is 1. The molecule has 0 aromatic heterocycles. The molecular weight excluding hydrogens is 236 g/mol. The van der Waals surface area contributed by atoms with Gasteiger partial charge in [0.15, 0.2) is 0 Å². The molecule has 4 nitrogen and oxygen atoms in total. The van der Waals surface area contributed by atoms with Gasteiger partial charge in [-0.05, 0) is 31.2 Å². The molecule has 0 bridgehead atoms. The van der Waals surface area contributed by atoms with E-state index >= 15 is 0 Å². The lowest BCUT2D eigenvalue weighted by Crippen LogP contribution is -2.37. The van der Waals surface area contributed by atoms with Crippen molar-refractivity contribution in [2.75, 3.05) is 23.6 Å². The van der Waals surface area contributed by atoms with Gasteiger partial charge in [0, 0.05) is 17.3 Å². The predicted octanol–water partition coefficient (Wildman–Crippen LogP) is 1.69. The molecule has 1 unspecified atom stereocenters. The van der Waals surface area contributed by atoms with Gasteiger partial charge in [0.25, 0.3) is 0 Å². The van der Waals surface area contributed by atoms with E-state index in [1.165, 1.54) is 0 Å². The van der Waals surface area contributed by atoms with Gasteiger partial charge in [0.05, 0.1) is 12.6 Å². The normalized spacial score (nSPS) is 19.0. The van der Waals surface area contributed by atoms with Crippen molar-refractivity contribution in [3.05, 3.63) is 24.3 Å². The minimum Gasteiger partial charge on any atom is -0.494 e. The number of rotatable bonds is 4. The highest BCUT2D eigenvalue weighted by Crippen LogP contribution is 2.17. The first-order valence-corrected chi connectivity index (χ1v) is 6.80. The number of anilines is 1. The second-order valence-corrected chi connectivity index (χ2v) is 4.75.